The molecule has 1 atom stereocenters. The molecule has 1 fully saturated rings. The number of carbonyl (C=O) groups is 2. The average molecular weight is 346 g/mol. The number of nitrogens with zero attached hydrogens (tertiary/aromatic N) is 1. The Morgan fingerprint density at radius 3 is 2.54 bits per heavy atom. The molecular formula is C17H18N2O4S. The molecule has 0 bridgehead atoms. The predicted octanol–water partition coefficient (Wildman–Crippen LogP) is 2.94. The Hall–Kier alpha value is -2.41. The molecule has 126 valence electrons. The molecule has 6 nitrogen and oxygen atoms in total. The van der Waals surface area contributed by atoms with Gasteiger partial charge >= 0.3 is 5.97 Å². The number of carboxylic acids is 1. The minimum atomic E-state index is -0.999. The fourth-order valence-electron chi connectivity index (χ4n) is 2.39. The number of aryl methyl sites for hydroxylation is 1. The molecule has 7 heteroatoms. The van der Waals surface area contributed by atoms with Crippen molar-refractivity contribution in [2.45, 2.75) is 38.3 Å². The van der Waals surface area contributed by atoms with Gasteiger partial charge in [0.1, 0.15) is 15.6 Å². The van der Waals surface area contributed by atoms with Crippen LogP contribution in [0.25, 0.3) is 0 Å². The lowest BCUT2D eigenvalue weighted by Crippen LogP contribution is -2.41. The smallest absolute Gasteiger partial charge is 0.347 e. The van der Waals surface area contributed by atoms with Crippen molar-refractivity contribution >= 4 is 23.2 Å². The number of nitrogens with one attached hydrogen (secondary N) is 1. The normalized spacial score (nSPS) is 16.2. The lowest BCUT2D eigenvalue weighted by Gasteiger charge is -2.20. The van der Waals surface area contributed by atoms with Crippen LogP contribution < -0.4 is 10.1 Å². The van der Waals surface area contributed by atoms with E-state index in [0.717, 1.165) is 11.3 Å². The summed E-state index contributed by atoms with van der Waals surface area (Å²) in [4.78, 5) is 28.1. The number of rotatable bonds is 6. The molecule has 0 aliphatic heterocycles. The molecule has 1 aliphatic carbocycles. The van der Waals surface area contributed by atoms with Crippen LogP contribution in [0.2, 0.25) is 0 Å². The first kappa shape index (κ1) is 16.4. The molecule has 3 rings (SSSR count). The number of hydrogen-bond donors (Lipinski definition) is 2. The fourth-order valence-corrected chi connectivity index (χ4v) is 3.30. The summed E-state index contributed by atoms with van der Waals surface area (Å²) >= 11 is 1.09. The van der Waals surface area contributed by atoms with Gasteiger partial charge in [-0.05, 0) is 26.0 Å². The van der Waals surface area contributed by atoms with Crippen LogP contribution in [0.5, 0.6) is 5.75 Å². The van der Waals surface area contributed by atoms with E-state index in [4.69, 9.17) is 9.84 Å². The van der Waals surface area contributed by atoms with Gasteiger partial charge < -0.3 is 15.2 Å². The molecular weight excluding hydrogens is 328 g/mol. The quantitative estimate of drug-likeness (QED) is 0.839. The second-order valence-corrected chi connectivity index (χ2v) is 6.91. The van der Waals surface area contributed by atoms with Crippen molar-refractivity contribution in [1.82, 2.24) is 10.3 Å². The highest BCUT2D eigenvalue weighted by Crippen LogP contribution is 2.41. The first-order valence-electron chi connectivity index (χ1n) is 7.67. The Balaban J connectivity index is 1.68. The summed E-state index contributed by atoms with van der Waals surface area (Å²) in [6.07, 6.45) is 1.33. The molecule has 2 aromatic rings. The number of carboxylic acid groups (broad SMARTS) is 1. The van der Waals surface area contributed by atoms with Gasteiger partial charge in [0.25, 0.3) is 5.91 Å². The first-order valence-corrected chi connectivity index (χ1v) is 8.48. The third-order valence-electron chi connectivity index (χ3n) is 3.90. The summed E-state index contributed by atoms with van der Waals surface area (Å²) in [6.45, 7) is 3.44. The highest BCUT2D eigenvalue weighted by Gasteiger charge is 2.53. The second-order valence-electron chi connectivity index (χ2n) is 5.88. The molecule has 1 heterocycles. The van der Waals surface area contributed by atoms with Gasteiger partial charge in [-0.1, -0.05) is 18.2 Å². The van der Waals surface area contributed by atoms with Gasteiger partial charge in [0.15, 0.2) is 5.60 Å². The standard InChI is InChI=1S/C17H18N2O4S/c1-10-13(15(20)21)24-14(18-10)11(2)19-16(22)17(8-9-17)23-12-6-4-3-5-7-12/h3-7,11H,8-9H2,1-2H3,(H,19,22)(H,20,21). The van der Waals surface area contributed by atoms with Crippen LogP contribution in [-0.2, 0) is 4.79 Å². The Morgan fingerprint density at radius 1 is 1.33 bits per heavy atom. The summed E-state index contributed by atoms with van der Waals surface area (Å²) < 4.78 is 5.86. The molecule has 24 heavy (non-hydrogen) atoms. The van der Waals surface area contributed by atoms with Crippen LogP contribution in [0.1, 0.15) is 46.2 Å². The Bertz CT molecular complexity index is 768. The predicted molar refractivity (Wildman–Crippen MR) is 89.4 cm³/mol. The van der Waals surface area contributed by atoms with Crippen LogP contribution in [-0.4, -0.2) is 27.6 Å². The van der Waals surface area contributed by atoms with Gasteiger partial charge in [-0.2, -0.15) is 0 Å². The van der Waals surface area contributed by atoms with Gasteiger partial charge in [-0.25, -0.2) is 9.78 Å². The Labute approximate surface area is 143 Å². The molecule has 1 saturated carbocycles. The van der Waals surface area contributed by atoms with Crippen LogP contribution >= 0.6 is 11.3 Å². The van der Waals surface area contributed by atoms with Crippen molar-refractivity contribution in [3.63, 3.8) is 0 Å². The number of thiazole rings is 1. The number of benzene rings is 1. The molecule has 1 aliphatic rings. The first-order chi connectivity index (χ1) is 11.4. The Morgan fingerprint density at radius 2 is 2.00 bits per heavy atom. The second kappa shape index (κ2) is 6.24. The van der Waals surface area contributed by atoms with E-state index in [2.05, 4.69) is 10.3 Å². The third kappa shape index (κ3) is 3.26. The van der Waals surface area contributed by atoms with Gasteiger partial charge in [-0.15, -0.1) is 11.3 Å². The molecule has 1 aromatic heterocycles. The monoisotopic (exact) mass is 346 g/mol. The van der Waals surface area contributed by atoms with E-state index >= 15 is 0 Å². The third-order valence-corrected chi connectivity index (χ3v) is 5.23. The van der Waals surface area contributed by atoms with Gasteiger partial charge in [-0.3, -0.25) is 4.79 Å². The van der Waals surface area contributed by atoms with Crippen LogP contribution in [0, 0.1) is 6.92 Å². The summed E-state index contributed by atoms with van der Waals surface area (Å²) in [7, 11) is 0. The number of ether oxygens (including phenoxy) is 1. The largest absolute Gasteiger partial charge is 0.477 e. The number of aromatic nitrogens is 1. The molecule has 1 aromatic carbocycles. The zero-order valence-electron chi connectivity index (χ0n) is 13.4. The van der Waals surface area contributed by atoms with Crippen molar-refractivity contribution in [3.05, 3.63) is 45.9 Å². The molecule has 2 N–H and O–H groups in total. The summed E-state index contributed by atoms with van der Waals surface area (Å²) in [5.74, 6) is -0.527. The lowest BCUT2D eigenvalue weighted by atomic mass is 10.2. The number of aromatic carboxylic acids is 1. The van der Waals surface area contributed by atoms with E-state index in [1.54, 1.807) is 13.8 Å². The van der Waals surface area contributed by atoms with E-state index in [1.165, 1.54) is 0 Å². The van der Waals surface area contributed by atoms with Crippen molar-refractivity contribution in [1.29, 1.82) is 0 Å². The van der Waals surface area contributed by atoms with Crippen molar-refractivity contribution in [3.8, 4) is 5.75 Å². The van der Waals surface area contributed by atoms with Crippen molar-refractivity contribution < 1.29 is 19.4 Å². The molecule has 0 saturated heterocycles. The minimum Gasteiger partial charge on any atom is -0.477 e. The van der Waals surface area contributed by atoms with Crippen molar-refractivity contribution in [2.24, 2.45) is 0 Å². The number of carbonyl (C=O) groups excluding carboxylic acids is 1. The van der Waals surface area contributed by atoms with Gasteiger partial charge in [0.05, 0.1) is 11.7 Å². The highest BCUT2D eigenvalue weighted by molar-refractivity contribution is 7.13. The summed E-state index contributed by atoms with van der Waals surface area (Å²) in [6, 6.07) is 8.88. The van der Waals surface area contributed by atoms with Crippen LogP contribution in [0.15, 0.2) is 30.3 Å². The maximum atomic E-state index is 12.6. The van der Waals surface area contributed by atoms with E-state index in [0.29, 0.717) is 29.3 Å². The Kier molecular flexibility index (Phi) is 4.28. The lowest BCUT2D eigenvalue weighted by molar-refractivity contribution is -0.130. The summed E-state index contributed by atoms with van der Waals surface area (Å²) in [5, 5.41) is 12.6. The fraction of sp³-hybridized carbons (Fsp3) is 0.353. The molecule has 0 radical (unpaired) electrons. The summed E-state index contributed by atoms with van der Waals surface area (Å²) in [5.41, 5.74) is -0.359. The number of para-hydroxylation sites is 1. The van der Waals surface area contributed by atoms with Gasteiger partial charge in [0, 0.05) is 12.8 Å². The van der Waals surface area contributed by atoms with Crippen molar-refractivity contribution in [2.75, 3.05) is 0 Å². The molecule has 1 amide bonds. The maximum Gasteiger partial charge on any atom is 0.347 e. The molecule has 0 spiro atoms. The highest BCUT2D eigenvalue weighted by atomic mass is 32.1. The maximum absolute atomic E-state index is 12.6. The zero-order chi connectivity index (χ0) is 17.3. The number of amides is 1. The van der Waals surface area contributed by atoms with Gasteiger partial charge in [0.2, 0.25) is 0 Å². The zero-order valence-corrected chi connectivity index (χ0v) is 14.2. The van der Waals surface area contributed by atoms with E-state index < -0.39 is 11.6 Å². The van der Waals surface area contributed by atoms with Crippen LogP contribution in [0.4, 0.5) is 0 Å². The minimum absolute atomic E-state index is 0.191. The number of hydrogen-bond acceptors (Lipinski definition) is 5. The SMILES string of the molecule is Cc1nc(C(C)NC(=O)C2(Oc3ccccc3)CC2)sc1C(=O)O. The van der Waals surface area contributed by atoms with Crippen LogP contribution in [0.3, 0.4) is 0 Å². The topological polar surface area (TPSA) is 88.5 Å². The van der Waals surface area contributed by atoms with E-state index in [-0.39, 0.29) is 16.8 Å². The van der Waals surface area contributed by atoms with E-state index in [9.17, 15) is 9.59 Å². The molecule has 1 unspecified atom stereocenters. The average Bonchev–Trinajstić information content (AvgIpc) is 3.21. The van der Waals surface area contributed by atoms with E-state index in [1.807, 2.05) is 30.3 Å².